The van der Waals surface area contributed by atoms with Crippen LogP contribution in [-0.4, -0.2) is 31.9 Å². The lowest BCUT2D eigenvalue weighted by Gasteiger charge is -2.03. The number of hydrogen-bond donors (Lipinski definition) is 1. The lowest BCUT2D eigenvalue weighted by molar-refractivity contribution is 0.415. The summed E-state index contributed by atoms with van der Waals surface area (Å²) < 4.78 is 20.1. The number of thiazole rings is 1. The van der Waals surface area contributed by atoms with E-state index in [0.29, 0.717) is 17.5 Å². The number of nitrogens with zero attached hydrogens (tertiary/aromatic N) is 5. The first kappa shape index (κ1) is 18.2. The van der Waals surface area contributed by atoms with E-state index in [1.165, 1.54) is 23.5 Å². The van der Waals surface area contributed by atoms with Crippen molar-refractivity contribution < 1.29 is 9.13 Å². The molecule has 30 heavy (non-hydrogen) atoms. The number of fused-ring (bicyclic) bond motifs is 1. The number of benzene rings is 2. The quantitative estimate of drug-likeness (QED) is 0.442. The molecule has 1 N–H and O–H groups in total. The van der Waals surface area contributed by atoms with Crippen molar-refractivity contribution in [3.8, 4) is 28.3 Å². The van der Waals surface area contributed by atoms with Gasteiger partial charge in [-0.05, 0) is 60.7 Å². The standard InChI is InChI=1S/C21H15FN6OS/c1-29-16-8-4-14(5-9-16)18-12-30-21-24-20(27-28(18)21)23-19-11-10-17(25-26-19)13-2-6-15(22)7-3-13/h2-12H,1H3,(H,23,26,27). The molecule has 7 nitrogen and oxygen atoms in total. The molecule has 5 aromatic rings. The summed E-state index contributed by atoms with van der Waals surface area (Å²) in [7, 11) is 1.64. The van der Waals surface area contributed by atoms with Gasteiger partial charge < -0.3 is 10.1 Å². The summed E-state index contributed by atoms with van der Waals surface area (Å²) in [5.41, 5.74) is 3.40. The molecule has 0 fully saturated rings. The fourth-order valence-corrected chi connectivity index (χ4v) is 3.81. The molecule has 0 aliphatic heterocycles. The second-order valence-electron chi connectivity index (χ2n) is 6.41. The zero-order valence-corrected chi connectivity index (χ0v) is 16.6. The molecule has 5 rings (SSSR count). The Balaban J connectivity index is 1.38. The molecule has 0 aliphatic rings. The fraction of sp³-hybridized carbons (Fsp3) is 0.0476. The van der Waals surface area contributed by atoms with E-state index >= 15 is 0 Å². The summed E-state index contributed by atoms with van der Waals surface area (Å²) in [5, 5.41) is 18.0. The molecule has 0 radical (unpaired) electrons. The summed E-state index contributed by atoms with van der Waals surface area (Å²) in [6, 6.07) is 17.5. The molecule has 3 aromatic heterocycles. The van der Waals surface area contributed by atoms with Crippen LogP contribution in [0.15, 0.2) is 66.0 Å². The third-order valence-electron chi connectivity index (χ3n) is 4.51. The van der Waals surface area contributed by atoms with Crippen LogP contribution >= 0.6 is 11.3 Å². The van der Waals surface area contributed by atoms with E-state index in [-0.39, 0.29) is 5.82 Å². The highest BCUT2D eigenvalue weighted by atomic mass is 32.1. The predicted molar refractivity (Wildman–Crippen MR) is 114 cm³/mol. The van der Waals surface area contributed by atoms with Gasteiger partial charge in [0.05, 0.1) is 18.5 Å². The molecule has 0 atom stereocenters. The van der Waals surface area contributed by atoms with Gasteiger partial charge in [-0.2, -0.15) is 4.98 Å². The van der Waals surface area contributed by atoms with Crippen LogP contribution in [0.4, 0.5) is 16.2 Å². The van der Waals surface area contributed by atoms with E-state index in [1.54, 1.807) is 29.8 Å². The Morgan fingerprint density at radius 2 is 1.70 bits per heavy atom. The van der Waals surface area contributed by atoms with Gasteiger partial charge in [-0.15, -0.1) is 26.6 Å². The smallest absolute Gasteiger partial charge is 0.249 e. The molecular formula is C21H15FN6OS. The van der Waals surface area contributed by atoms with Gasteiger partial charge >= 0.3 is 0 Å². The highest BCUT2D eigenvalue weighted by molar-refractivity contribution is 7.15. The van der Waals surface area contributed by atoms with E-state index in [0.717, 1.165) is 27.5 Å². The number of nitrogens with one attached hydrogen (secondary N) is 1. The highest BCUT2D eigenvalue weighted by Crippen LogP contribution is 2.28. The van der Waals surface area contributed by atoms with Crippen LogP contribution in [-0.2, 0) is 0 Å². The molecule has 0 bridgehead atoms. The Hall–Kier alpha value is -3.85. The number of aromatic nitrogens is 5. The van der Waals surface area contributed by atoms with Crippen molar-refractivity contribution in [3.63, 3.8) is 0 Å². The van der Waals surface area contributed by atoms with Gasteiger partial charge in [-0.25, -0.2) is 8.91 Å². The van der Waals surface area contributed by atoms with Gasteiger partial charge in [0.25, 0.3) is 0 Å². The van der Waals surface area contributed by atoms with E-state index in [4.69, 9.17) is 4.74 Å². The molecule has 2 aromatic carbocycles. The number of hydrogen-bond acceptors (Lipinski definition) is 7. The number of ether oxygens (including phenoxy) is 1. The lowest BCUT2D eigenvalue weighted by Crippen LogP contribution is -1.98. The maximum atomic E-state index is 13.1. The van der Waals surface area contributed by atoms with Crippen molar-refractivity contribution in [1.82, 2.24) is 24.8 Å². The summed E-state index contributed by atoms with van der Waals surface area (Å²) in [6.07, 6.45) is 0. The number of anilines is 2. The van der Waals surface area contributed by atoms with Crippen LogP contribution in [0.25, 0.3) is 27.5 Å². The Morgan fingerprint density at radius 3 is 2.40 bits per heavy atom. The Morgan fingerprint density at radius 1 is 0.933 bits per heavy atom. The van der Waals surface area contributed by atoms with Gasteiger partial charge in [0, 0.05) is 16.5 Å². The number of rotatable bonds is 5. The topological polar surface area (TPSA) is 77.2 Å². The largest absolute Gasteiger partial charge is 0.497 e. The fourth-order valence-electron chi connectivity index (χ4n) is 2.98. The molecule has 0 saturated heterocycles. The Bertz CT molecular complexity index is 1300. The SMILES string of the molecule is COc1ccc(-c2csc3nc(Nc4ccc(-c5ccc(F)cc5)nn4)nn23)cc1. The minimum atomic E-state index is -0.287. The van der Waals surface area contributed by atoms with Crippen LogP contribution < -0.4 is 10.1 Å². The molecule has 0 spiro atoms. The van der Waals surface area contributed by atoms with Gasteiger partial charge in [0.1, 0.15) is 11.6 Å². The third kappa shape index (κ3) is 3.46. The maximum absolute atomic E-state index is 13.1. The summed E-state index contributed by atoms with van der Waals surface area (Å²) in [4.78, 5) is 5.27. The molecule has 0 amide bonds. The zero-order chi connectivity index (χ0) is 20.5. The number of methoxy groups -OCH3 is 1. The van der Waals surface area contributed by atoms with Crippen molar-refractivity contribution >= 4 is 28.1 Å². The average Bonchev–Trinajstić information content (AvgIpc) is 3.35. The number of halogens is 1. The molecule has 0 saturated carbocycles. The molecule has 3 heterocycles. The Labute approximate surface area is 174 Å². The van der Waals surface area contributed by atoms with Gasteiger partial charge in [-0.3, -0.25) is 0 Å². The van der Waals surface area contributed by atoms with Gasteiger partial charge in [0.15, 0.2) is 5.82 Å². The van der Waals surface area contributed by atoms with Crippen LogP contribution in [0, 0.1) is 5.82 Å². The molecule has 148 valence electrons. The molecule has 0 unspecified atom stereocenters. The van der Waals surface area contributed by atoms with Crippen LogP contribution in [0.5, 0.6) is 5.75 Å². The minimum Gasteiger partial charge on any atom is -0.497 e. The van der Waals surface area contributed by atoms with Crippen LogP contribution in [0.2, 0.25) is 0 Å². The molecular weight excluding hydrogens is 403 g/mol. The van der Waals surface area contributed by atoms with Crippen molar-refractivity contribution in [2.24, 2.45) is 0 Å². The van der Waals surface area contributed by atoms with Gasteiger partial charge in [0.2, 0.25) is 10.9 Å². The first-order valence-corrected chi connectivity index (χ1v) is 9.93. The second kappa shape index (κ2) is 7.53. The van der Waals surface area contributed by atoms with Crippen molar-refractivity contribution in [2.75, 3.05) is 12.4 Å². The zero-order valence-electron chi connectivity index (χ0n) is 15.8. The van der Waals surface area contributed by atoms with Crippen molar-refractivity contribution in [1.29, 1.82) is 0 Å². The van der Waals surface area contributed by atoms with Gasteiger partial charge in [-0.1, -0.05) is 0 Å². The summed E-state index contributed by atoms with van der Waals surface area (Å²) >= 11 is 1.50. The lowest BCUT2D eigenvalue weighted by atomic mass is 10.1. The highest BCUT2D eigenvalue weighted by Gasteiger charge is 2.12. The predicted octanol–water partition coefficient (Wildman–Crippen LogP) is 4.81. The summed E-state index contributed by atoms with van der Waals surface area (Å²) in [6.45, 7) is 0. The normalized spacial score (nSPS) is 11.0. The van der Waals surface area contributed by atoms with E-state index in [9.17, 15) is 4.39 Å². The molecule has 9 heteroatoms. The van der Waals surface area contributed by atoms with Crippen molar-refractivity contribution in [3.05, 3.63) is 71.9 Å². The average molecular weight is 418 g/mol. The Kier molecular flexibility index (Phi) is 4.56. The first-order valence-electron chi connectivity index (χ1n) is 9.05. The summed E-state index contributed by atoms with van der Waals surface area (Å²) in [5.74, 6) is 1.46. The maximum Gasteiger partial charge on any atom is 0.249 e. The van der Waals surface area contributed by atoms with Crippen LogP contribution in [0.1, 0.15) is 0 Å². The monoisotopic (exact) mass is 418 g/mol. The van der Waals surface area contributed by atoms with E-state index in [1.807, 2.05) is 35.7 Å². The first-order chi connectivity index (χ1) is 14.7. The van der Waals surface area contributed by atoms with Crippen LogP contribution in [0.3, 0.4) is 0 Å². The van der Waals surface area contributed by atoms with E-state index in [2.05, 4.69) is 25.6 Å². The molecule has 0 aliphatic carbocycles. The second-order valence-corrected chi connectivity index (χ2v) is 7.25. The third-order valence-corrected chi connectivity index (χ3v) is 5.33. The minimum absolute atomic E-state index is 0.287. The van der Waals surface area contributed by atoms with Crippen molar-refractivity contribution in [2.45, 2.75) is 0 Å². The van der Waals surface area contributed by atoms with E-state index < -0.39 is 0 Å².